The molecule has 1 heterocycles. The zero-order chi connectivity index (χ0) is 12.7. The molecule has 0 unspecified atom stereocenters. The monoisotopic (exact) mass is 223 g/mol. The molecule has 0 aromatic carbocycles. The van der Waals surface area contributed by atoms with Crippen LogP contribution in [0.25, 0.3) is 0 Å². The number of aromatic nitrogens is 2. The highest BCUT2D eigenvalue weighted by Crippen LogP contribution is 2.27. The molecule has 1 rings (SSSR count). The number of hydrogen-bond acceptors (Lipinski definition) is 2. The van der Waals surface area contributed by atoms with Crippen molar-refractivity contribution in [1.82, 2.24) is 9.78 Å². The first-order valence-electron chi connectivity index (χ1n) is 5.44. The number of hydrogen-bond donors (Lipinski definition) is 0. The number of carbonyl (C=O) groups excluding carboxylic acids is 1. The van der Waals surface area contributed by atoms with Crippen LogP contribution in [0.4, 0.5) is 5.69 Å². The second-order valence-electron chi connectivity index (χ2n) is 5.26. The second-order valence-corrected chi connectivity index (χ2v) is 5.26. The van der Waals surface area contributed by atoms with E-state index in [1.54, 1.807) is 9.58 Å². The van der Waals surface area contributed by atoms with Crippen LogP contribution in [0.15, 0.2) is 0 Å². The van der Waals surface area contributed by atoms with Gasteiger partial charge in [0.25, 0.3) is 0 Å². The van der Waals surface area contributed by atoms with Gasteiger partial charge in [0.05, 0.1) is 17.1 Å². The first-order valence-corrected chi connectivity index (χ1v) is 5.44. The van der Waals surface area contributed by atoms with Gasteiger partial charge in [0, 0.05) is 19.5 Å². The third-order valence-corrected chi connectivity index (χ3v) is 2.75. The molecule has 0 aliphatic heterocycles. The van der Waals surface area contributed by atoms with Crippen LogP contribution >= 0.6 is 0 Å². The molecular weight excluding hydrogens is 202 g/mol. The van der Waals surface area contributed by atoms with E-state index >= 15 is 0 Å². The summed E-state index contributed by atoms with van der Waals surface area (Å²) in [5.41, 5.74) is 2.45. The van der Waals surface area contributed by atoms with Gasteiger partial charge in [0.2, 0.25) is 5.91 Å². The highest BCUT2D eigenvalue weighted by molar-refractivity contribution is 5.97. The Balaban J connectivity index is 3.15. The SMILES string of the molecule is Cc1nn(C)c(C)c1N(C)C(=O)C(C)(C)C. The standard InChI is InChI=1S/C12H21N3O/c1-8-10(9(2)15(7)13-8)14(6)11(16)12(3,4)5/h1-7H3. The number of aryl methyl sites for hydroxylation is 2. The minimum atomic E-state index is -0.372. The Kier molecular flexibility index (Phi) is 3.13. The lowest BCUT2D eigenvalue weighted by Gasteiger charge is -2.26. The Labute approximate surface area is 97.2 Å². The maximum atomic E-state index is 12.2. The molecule has 1 amide bonds. The van der Waals surface area contributed by atoms with Crippen LogP contribution < -0.4 is 4.90 Å². The molecule has 0 radical (unpaired) electrons. The molecule has 0 N–H and O–H groups in total. The number of rotatable bonds is 1. The lowest BCUT2D eigenvalue weighted by molar-refractivity contribution is -0.125. The summed E-state index contributed by atoms with van der Waals surface area (Å²) in [6, 6.07) is 0. The molecule has 0 atom stereocenters. The molecule has 0 bridgehead atoms. The van der Waals surface area contributed by atoms with Crippen molar-refractivity contribution < 1.29 is 4.79 Å². The summed E-state index contributed by atoms with van der Waals surface area (Å²) in [7, 11) is 3.70. The summed E-state index contributed by atoms with van der Waals surface area (Å²) >= 11 is 0. The van der Waals surface area contributed by atoms with E-state index in [-0.39, 0.29) is 11.3 Å². The van der Waals surface area contributed by atoms with Gasteiger partial charge in [0.1, 0.15) is 0 Å². The molecular formula is C12H21N3O. The van der Waals surface area contributed by atoms with Crippen LogP contribution in [0.2, 0.25) is 0 Å². The van der Waals surface area contributed by atoms with Crippen molar-refractivity contribution in [2.24, 2.45) is 12.5 Å². The summed E-state index contributed by atoms with van der Waals surface area (Å²) in [5, 5.41) is 4.32. The fourth-order valence-corrected chi connectivity index (χ4v) is 1.85. The largest absolute Gasteiger partial charge is 0.312 e. The van der Waals surface area contributed by atoms with Crippen molar-refractivity contribution in [3.8, 4) is 0 Å². The lowest BCUT2D eigenvalue weighted by Crippen LogP contribution is -2.37. The molecule has 4 heteroatoms. The van der Waals surface area contributed by atoms with Crippen LogP contribution in [0.1, 0.15) is 32.2 Å². The molecule has 0 saturated carbocycles. The maximum absolute atomic E-state index is 12.2. The van der Waals surface area contributed by atoms with E-state index in [1.165, 1.54) is 0 Å². The minimum Gasteiger partial charge on any atom is -0.312 e. The Morgan fingerprint density at radius 3 is 2.12 bits per heavy atom. The second kappa shape index (κ2) is 3.92. The Hall–Kier alpha value is -1.32. The minimum absolute atomic E-state index is 0.103. The van der Waals surface area contributed by atoms with E-state index in [4.69, 9.17) is 0 Å². The van der Waals surface area contributed by atoms with Crippen LogP contribution in [0.5, 0.6) is 0 Å². The average molecular weight is 223 g/mol. The highest BCUT2D eigenvalue weighted by Gasteiger charge is 2.28. The van der Waals surface area contributed by atoms with Gasteiger partial charge in [-0.3, -0.25) is 9.48 Å². The summed E-state index contributed by atoms with van der Waals surface area (Å²) in [5.74, 6) is 0.103. The Morgan fingerprint density at radius 2 is 1.81 bits per heavy atom. The first-order chi connectivity index (χ1) is 7.16. The van der Waals surface area contributed by atoms with E-state index in [0.29, 0.717) is 0 Å². The van der Waals surface area contributed by atoms with Crippen molar-refractivity contribution in [2.45, 2.75) is 34.6 Å². The molecule has 0 spiro atoms. The predicted molar refractivity (Wildman–Crippen MR) is 65.5 cm³/mol. The predicted octanol–water partition coefficient (Wildman–Crippen LogP) is 2.05. The topological polar surface area (TPSA) is 38.1 Å². The highest BCUT2D eigenvalue weighted by atomic mass is 16.2. The van der Waals surface area contributed by atoms with Gasteiger partial charge in [-0.2, -0.15) is 5.10 Å². The molecule has 1 aromatic rings. The zero-order valence-electron chi connectivity index (χ0n) is 11.2. The Morgan fingerprint density at radius 1 is 1.31 bits per heavy atom. The van der Waals surface area contributed by atoms with Crippen molar-refractivity contribution in [3.05, 3.63) is 11.4 Å². The van der Waals surface area contributed by atoms with Crippen molar-refractivity contribution in [2.75, 3.05) is 11.9 Å². The molecule has 16 heavy (non-hydrogen) atoms. The lowest BCUT2D eigenvalue weighted by atomic mass is 9.94. The maximum Gasteiger partial charge on any atom is 0.232 e. The van der Waals surface area contributed by atoms with Crippen molar-refractivity contribution in [3.63, 3.8) is 0 Å². The van der Waals surface area contributed by atoms with Crippen LogP contribution in [0, 0.1) is 19.3 Å². The van der Waals surface area contributed by atoms with Gasteiger partial charge < -0.3 is 4.90 Å². The fraction of sp³-hybridized carbons (Fsp3) is 0.667. The van der Waals surface area contributed by atoms with Crippen molar-refractivity contribution in [1.29, 1.82) is 0 Å². The van der Waals surface area contributed by atoms with Gasteiger partial charge in [-0.25, -0.2) is 0 Å². The van der Waals surface area contributed by atoms with Crippen molar-refractivity contribution >= 4 is 11.6 Å². The number of nitrogens with zero attached hydrogens (tertiary/aromatic N) is 3. The van der Waals surface area contributed by atoms with E-state index in [9.17, 15) is 4.79 Å². The van der Waals surface area contributed by atoms with E-state index in [0.717, 1.165) is 17.1 Å². The summed E-state index contributed by atoms with van der Waals surface area (Å²) in [6.45, 7) is 9.67. The molecule has 90 valence electrons. The van der Waals surface area contributed by atoms with Crippen LogP contribution in [-0.4, -0.2) is 22.7 Å². The Bertz CT molecular complexity index is 413. The molecule has 0 saturated heterocycles. The van der Waals surface area contributed by atoms with Gasteiger partial charge in [0.15, 0.2) is 0 Å². The molecule has 0 fully saturated rings. The fourth-order valence-electron chi connectivity index (χ4n) is 1.85. The van der Waals surface area contributed by atoms with Gasteiger partial charge in [-0.15, -0.1) is 0 Å². The quantitative estimate of drug-likeness (QED) is 0.730. The zero-order valence-corrected chi connectivity index (χ0v) is 11.2. The van der Waals surface area contributed by atoms with Gasteiger partial charge >= 0.3 is 0 Å². The smallest absolute Gasteiger partial charge is 0.232 e. The summed E-state index contributed by atoms with van der Waals surface area (Å²) in [6.07, 6.45) is 0. The molecule has 4 nitrogen and oxygen atoms in total. The summed E-state index contributed by atoms with van der Waals surface area (Å²) < 4.78 is 1.80. The molecule has 0 aliphatic carbocycles. The normalized spacial score (nSPS) is 11.7. The van der Waals surface area contributed by atoms with E-state index in [1.807, 2.05) is 48.7 Å². The number of anilines is 1. The summed E-state index contributed by atoms with van der Waals surface area (Å²) in [4.78, 5) is 13.9. The number of carbonyl (C=O) groups is 1. The van der Waals surface area contributed by atoms with Gasteiger partial charge in [-0.05, 0) is 13.8 Å². The molecule has 0 aliphatic rings. The number of amides is 1. The van der Waals surface area contributed by atoms with E-state index < -0.39 is 0 Å². The van der Waals surface area contributed by atoms with Gasteiger partial charge in [-0.1, -0.05) is 20.8 Å². The van der Waals surface area contributed by atoms with Crippen LogP contribution in [-0.2, 0) is 11.8 Å². The van der Waals surface area contributed by atoms with E-state index in [2.05, 4.69) is 5.10 Å². The third kappa shape index (κ3) is 2.10. The van der Waals surface area contributed by atoms with Crippen LogP contribution in [0.3, 0.4) is 0 Å². The average Bonchev–Trinajstić information content (AvgIpc) is 2.38. The first kappa shape index (κ1) is 12.7. The third-order valence-electron chi connectivity index (χ3n) is 2.75. The molecule has 1 aromatic heterocycles.